The first-order valence-electron chi connectivity index (χ1n) is 17.6. The molecule has 3 aromatic rings. The van der Waals surface area contributed by atoms with Crippen LogP contribution < -0.4 is 8.79 Å². The van der Waals surface area contributed by atoms with Crippen molar-refractivity contribution in [2.75, 3.05) is 7.11 Å². The van der Waals surface area contributed by atoms with Crippen molar-refractivity contribution < 1.29 is 3.76 Å². The summed E-state index contributed by atoms with van der Waals surface area (Å²) >= 11 is -3.88. The van der Waals surface area contributed by atoms with Crippen molar-refractivity contribution in [1.29, 1.82) is 0 Å². The van der Waals surface area contributed by atoms with Crippen molar-refractivity contribution in [1.82, 2.24) is 0 Å². The molecule has 246 valence electrons. The van der Waals surface area contributed by atoms with Gasteiger partial charge in [0.15, 0.2) is 0 Å². The molecule has 0 N–H and O–H groups in total. The molecule has 0 unspecified atom stereocenters. The Morgan fingerprint density at radius 3 is 1.13 bits per heavy atom. The Morgan fingerprint density at radius 2 is 0.889 bits per heavy atom. The van der Waals surface area contributed by atoms with Gasteiger partial charge >= 0.3 is 282 Å². The zero-order chi connectivity index (χ0) is 34.0. The molecule has 45 heavy (non-hydrogen) atoms. The number of benzene rings is 3. The van der Waals surface area contributed by atoms with Crippen LogP contribution in [-0.4, -0.2) is 20.7 Å². The van der Waals surface area contributed by atoms with E-state index in [1.807, 2.05) is 7.11 Å². The summed E-state index contributed by atoms with van der Waals surface area (Å²) in [7, 11) is 2.04. The van der Waals surface area contributed by atoms with Gasteiger partial charge in [0.2, 0.25) is 0 Å². The maximum absolute atomic E-state index is 7.43. The molecule has 3 aromatic carbocycles. The van der Waals surface area contributed by atoms with E-state index in [0.717, 1.165) is 0 Å². The molecule has 0 bridgehead atoms. The molecule has 0 aliphatic rings. The van der Waals surface area contributed by atoms with Gasteiger partial charge in [-0.1, -0.05) is 0 Å². The van der Waals surface area contributed by atoms with Crippen LogP contribution >= 0.6 is 0 Å². The quantitative estimate of drug-likeness (QED) is 0.185. The van der Waals surface area contributed by atoms with Crippen LogP contribution in [0.5, 0.6) is 0 Å². The van der Waals surface area contributed by atoms with Gasteiger partial charge < -0.3 is 0 Å². The standard InChI is InChI=1S/C43H64GeO/c1-27(2)34-22-36(29(5)6)41(37(23-34)30(7)8)44(45-16,26-40(43(13,14)15)33-20-18-17-19-21-33)42-38(31(9)10)24-35(28(3)4)25-39(42)32(11)12/h17-32H,1-16H3/b40-26+. The molecule has 0 amide bonds. The molecule has 1 nitrogen and oxygen atoms in total. The Bertz CT molecular complexity index is 1330. The summed E-state index contributed by atoms with van der Waals surface area (Å²) in [6.45, 7) is 35.5. The van der Waals surface area contributed by atoms with Crippen LogP contribution in [0, 0.1) is 5.41 Å². The molecule has 3 rings (SSSR count). The molecule has 0 heterocycles. The molecular formula is C43H64GeO. The zero-order valence-corrected chi connectivity index (χ0v) is 33.7. The first kappa shape index (κ1) is 37.4. The van der Waals surface area contributed by atoms with Crippen LogP contribution in [0.3, 0.4) is 0 Å². The predicted octanol–water partition coefficient (Wildman–Crippen LogP) is 11.8. The Hall–Kier alpha value is -2.10. The van der Waals surface area contributed by atoms with Crippen molar-refractivity contribution in [3.05, 3.63) is 98.4 Å². The fourth-order valence-electron chi connectivity index (χ4n) is 6.86. The molecule has 0 aliphatic carbocycles. The van der Waals surface area contributed by atoms with E-state index in [-0.39, 0.29) is 5.41 Å². The molecule has 0 atom stereocenters. The van der Waals surface area contributed by atoms with Gasteiger partial charge in [-0.3, -0.25) is 0 Å². The van der Waals surface area contributed by atoms with Gasteiger partial charge in [-0.05, 0) is 0 Å². The Morgan fingerprint density at radius 1 is 0.556 bits per heavy atom. The maximum atomic E-state index is 7.43. The van der Waals surface area contributed by atoms with Crippen LogP contribution in [0.15, 0.2) is 59.5 Å². The summed E-state index contributed by atoms with van der Waals surface area (Å²) in [5.41, 5.74) is 11.4. The van der Waals surface area contributed by atoms with E-state index in [1.54, 1.807) is 0 Å². The van der Waals surface area contributed by atoms with Gasteiger partial charge in [0, 0.05) is 0 Å². The average Bonchev–Trinajstić information content (AvgIpc) is 2.96. The van der Waals surface area contributed by atoms with Crippen molar-refractivity contribution in [3.8, 4) is 0 Å². The number of hydrogen-bond donors (Lipinski definition) is 0. The topological polar surface area (TPSA) is 9.23 Å². The normalized spacial score (nSPS) is 13.4. The Labute approximate surface area is 281 Å². The second-order valence-corrected chi connectivity index (χ2v) is 22.8. The minimum atomic E-state index is -3.88. The molecule has 0 saturated carbocycles. The van der Waals surface area contributed by atoms with Crippen molar-refractivity contribution in [3.63, 3.8) is 0 Å². The summed E-state index contributed by atoms with van der Waals surface area (Å²) < 4.78 is 10.5. The van der Waals surface area contributed by atoms with E-state index >= 15 is 0 Å². The summed E-state index contributed by atoms with van der Waals surface area (Å²) in [6, 6.07) is 21.2. The van der Waals surface area contributed by atoms with E-state index in [4.69, 9.17) is 3.76 Å². The van der Waals surface area contributed by atoms with Crippen LogP contribution in [-0.2, 0) is 3.76 Å². The second kappa shape index (κ2) is 14.8. The van der Waals surface area contributed by atoms with Crippen molar-refractivity contribution in [2.45, 2.75) is 139 Å². The molecule has 0 radical (unpaired) electrons. The first-order valence-corrected chi connectivity index (χ1v) is 21.7. The third-order valence-corrected chi connectivity index (χ3v) is 17.9. The van der Waals surface area contributed by atoms with Crippen molar-refractivity contribution in [2.24, 2.45) is 5.41 Å². The second-order valence-electron chi connectivity index (χ2n) is 16.2. The number of rotatable bonds is 11. The van der Waals surface area contributed by atoms with Crippen LogP contribution in [0.4, 0.5) is 0 Å². The third-order valence-electron chi connectivity index (χ3n) is 9.57. The van der Waals surface area contributed by atoms with Crippen LogP contribution in [0.1, 0.15) is 178 Å². The zero-order valence-electron chi connectivity index (χ0n) is 31.6. The average molecular weight is 670 g/mol. The van der Waals surface area contributed by atoms with Gasteiger partial charge in [-0.25, -0.2) is 0 Å². The first-order chi connectivity index (χ1) is 20.9. The SMILES string of the molecule is C[O][Ge](/[CH]=C(\c1ccccc1)C(C)(C)C)([c]1c(C(C)C)cc(C(C)C)cc1C(C)C)[c]1c(C(C)C)cc(C(C)C)cc1C(C)C. The van der Waals surface area contributed by atoms with Crippen LogP contribution in [0.25, 0.3) is 5.57 Å². The van der Waals surface area contributed by atoms with E-state index < -0.39 is 13.6 Å². The fraction of sp³-hybridized carbons (Fsp3) is 0.535. The van der Waals surface area contributed by atoms with Gasteiger partial charge in [0.1, 0.15) is 0 Å². The minimum absolute atomic E-state index is 0.0713. The summed E-state index contributed by atoms with van der Waals surface area (Å²) in [4.78, 5) is 2.72. The predicted molar refractivity (Wildman–Crippen MR) is 203 cm³/mol. The summed E-state index contributed by atoms with van der Waals surface area (Å²) in [5, 5.41) is 0. The molecule has 0 spiro atoms. The van der Waals surface area contributed by atoms with E-state index in [9.17, 15) is 0 Å². The van der Waals surface area contributed by atoms with Crippen LogP contribution in [0.2, 0.25) is 0 Å². The number of allylic oxidation sites excluding steroid dienone is 1. The molecule has 0 aliphatic heterocycles. The van der Waals surface area contributed by atoms with E-state index in [2.05, 4.69) is 163 Å². The molecular weight excluding hydrogens is 605 g/mol. The number of hydrogen-bond acceptors (Lipinski definition) is 1. The third kappa shape index (κ3) is 7.90. The molecule has 0 saturated heterocycles. The molecule has 0 aromatic heterocycles. The van der Waals surface area contributed by atoms with Gasteiger partial charge in [0.25, 0.3) is 0 Å². The Balaban J connectivity index is 2.83. The summed E-state index contributed by atoms with van der Waals surface area (Å²) in [6.07, 6.45) is 0. The van der Waals surface area contributed by atoms with E-state index in [0.29, 0.717) is 35.5 Å². The van der Waals surface area contributed by atoms with Gasteiger partial charge in [-0.15, -0.1) is 0 Å². The van der Waals surface area contributed by atoms with E-state index in [1.165, 1.54) is 53.3 Å². The van der Waals surface area contributed by atoms with Gasteiger partial charge in [-0.2, -0.15) is 0 Å². The molecule has 2 heteroatoms. The summed E-state index contributed by atoms with van der Waals surface area (Å²) in [5.74, 6) is 2.43. The van der Waals surface area contributed by atoms with Crippen molar-refractivity contribution >= 4 is 28.0 Å². The Kier molecular flexibility index (Phi) is 12.3. The fourth-order valence-corrected chi connectivity index (χ4v) is 17.8. The monoisotopic (exact) mass is 670 g/mol. The molecule has 0 fully saturated rings. The van der Waals surface area contributed by atoms with Gasteiger partial charge in [0.05, 0.1) is 0 Å².